The Morgan fingerprint density at radius 2 is 0.405 bits per heavy atom. The minimum Gasteiger partial charge on any atom is -0.392 e. The number of methoxy groups -OCH3 is 3. The molecule has 13 heteroatoms. The molecule has 24 rings (SSSR count). The van der Waals surface area contributed by atoms with Crippen molar-refractivity contribution in [2.24, 2.45) is 246 Å². The summed E-state index contributed by atoms with van der Waals surface area (Å²) in [4.78, 5) is 0. The Balaban J connectivity index is 0.000000112. The van der Waals surface area contributed by atoms with Gasteiger partial charge in [0.2, 0.25) is 0 Å². The van der Waals surface area contributed by atoms with Gasteiger partial charge in [0.15, 0.2) is 0 Å². The normalized spacial score (nSPS) is 52.7. The van der Waals surface area contributed by atoms with Gasteiger partial charge in [-0.3, -0.25) is 0 Å². The number of rotatable bonds is 16. The third kappa shape index (κ3) is 21.6. The molecule has 0 amide bonds. The van der Waals surface area contributed by atoms with Gasteiger partial charge >= 0.3 is 0 Å². The van der Waals surface area contributed by atoms with Crippen LogP contribution in [0.1, 0.15) is 423 Å². The average Bonchev–Trinajstić information content (AvgIpc) is 1.56. The van der Waals surface area contributed by atoms with Gasteiger partial charge in [-0.05, 0) is 638 Å². The van der Waals surface area contributed by atoms with Crippen LogP contribution >= 0.6 is 31.9 Å². The largest absolute Gasteiger partial charge is 0.392 e. The van der Waals surface area contributed by atoms with E-state index in [9.17, 15) is 40.9 Å². The highest BCUT2D eigenvalue weighted by Crippen LogP contribution is 2.75. The Kier molecular flexibility index (Phi) is 35.0. The molecule has 11 nitrogen and oxygen atoms in total. The quantitative estimate of drug-likeness (QED) is 0.0542. The molecule has 24 aliphatic rings. The monoisotopic (exact) mass is 2180 g/mol. The summed E-state index contributed by atoms with van der Waals surface area (Å²) in [6, 6.07) is 0. The molecule has 0 heterocycles. The molecule has 840 valence electrons. The highest BCUT2D eigenvalue weighted by molar-refractivity contribution is 9.09. The van der Waals surface area contributed by atoms with Crippen LogP contribution in [-0.4, -0.2) is 139 Å². The topological polar surface area (TPSA) is 190 Å². The predicted octanol–water partition coefficient (Wildman–Crippen LogP) is 31.1. The van der Waals surface area contributed by atoms with Crippen LogP contribution in [-0.2, 0) is 14.2 Å². The van der Waals surface area contributed by atoms with Crippen LogP contribution in [0.5, 0.6) is 0 Å². The first-order valence-electron chi connectivity index (χ1n) is 63.4. The Bertz CT molecular complexity index is 4400. The maximum absolute atomic E-state index is 10.9. The number of aliphatic hydroxyl groups excluding tert-OH is 2. The van der Waals surface area contributed by atoms with Gasteiger partial charge < -0.3 is 55.1 Å². The van der Waals surface area contributed by atoms with Crippen LogP contribution in [0.3, 0.4) is 0 Å². The molecule has 0 saturated heterocycles. The van der Waals surface area contributed by atoms with Crippen molar-refractivity contribution in [2.45, 2.75) is 456 Å². The molecule has 0 unspecified atom stereocenters. The Morgan fingerprint density at radius 1 is 0.223 bits per heavy atom. The van der Waals surface area contributed by atoms with Crippen LogP contribution in [0.2, 0.25) is 0 Å². The Morgan fingerprint density at radius 3 is 0.601 bits per heavy atom. The molecule has 48 atom stereocenters. The molecule has 0 radical (unpaired) electrons. The second kappa shape index (κ2) is 45.0. The first-order valence-corrected chi connectivity index (χ1v) is 65.6. The van der Waals surface area contributed by atoms with E-state index in [1.807, 2.05) is 0 Å². The lowest BCUT2D eigenvalue weighted by Crippen LogP contribution is -2.52. The van der Waals surface area contributed by atoms with Gasteiger partial charge in [0.25, 0.3) is 0 Å². The molecule has 0 spiro atoms. The number of halogens is 2. The fourth-order valence-electron chi connectivity index (χ4n) is 48.0. The molecule has 0 aromatic rings. The van der Waals surface area contributed by atoms with Gasteiger partial charge in [-0.2, -0.15) is 0 Å². The molecular formula is C135H220Br2O11. The van der Waals surface area contributed by atoms with E-state index in [0.717, 1.165) is 294 Å². The SMILES string of the molecule is C=C(C)[C@H]1CC[C@H]2[C@@H]3CC[C@@H]4C[C@@](C)(O)CC[C@@H]4[C@H]3CC[C@]12C.C=C(C)[C@H]1CC[C@H]2[C@@H]3CC[C@@H]4C[C@](O)(COC)CC[C@@H]4[C@H]3CC[C@]12C.C=C(CBr)[C@H]1CC[C@H]2[C@@H]3CC[C@@H]4C[C@@](C)(O)CC[C@@H]4[C@H]3CC[C@]12C.C=C(CBr)[C@H]1CC[C@H]2[C@@H]3CC[C@@H]4C[C@](O)(COC)CC[C@@H]4[C@H]3CC[C@]12C.C=C(CO)[C@H]1CC[C@H]2[C@@H]3CC[C@@H]4C[C@@](C)(O)CC[C@@H]4[C@H]3CC[C@]12C.C=C(CO)[C@H]1CC[C@H]2[C@@H]3CC[C@@H]4C[C@](O)(COC)CC[C@@H]4[C@H]3CC[C@]12C. The van der Waals surface area contributed by atoms with Crippen molar-refractivity contribution < 1.29 is 55.1 Å². The van der Waals surface area contributed by atoms with Crippen molar-refractivity contribution in [1.82, 2.24) is 0 Å². The van der Waals surface area contributed by atoms with E-state index in [2.05, 4.69) is 147 Å². The molecule has 8 N–H and O–H groups in total. The van der Waals surface area contributed by atoms with Crippen molar-refractivity contribution in [2.75, 3.05) is 65.0 Å². The lowest BCUT2D eigenvalue weighted by Gasteiger charge is -2.57. The minimum absolute atomic E-state index is 0.157. The molecule has 24 saturated carbocycles. The molecule has 0 aliphatic heterocycles. The zero-order valence-electron chi connectivity index (χ0n) is 96.7. The fraction of sp³-hybridized carbons (Fsp3) is 0.911. The number of alkyl halides is 2. The van der Waals surface area contributed by atoms with E-state index in [-0.39, 0.29) is 24.4 Å². The van der Waals surface area contributed by atoms with Crippen molar-refractivity contribution in [3.8, 4) is 0 Å². The van der Waals surface area contributed by atoms with Crippen LogP contribution < -0.4 is 0 Å². The van der Waals surface area contributed by atoms with E-state index in [4.69, 9.17) is 14.2 Å². The van der Waals surface area contributed by atoms with Crippen molar-refractivity contribution >= 4 is 31.9 Å². The number of hydrogen-bond acceptors (Lipinski definition) is 11. The van der Waals surface area contributed by atoms with Crippen LogP contribution in [0.4, 0.5) is 0 Å². The lowest BCUT2D eigenvalue weighted by molar-refractivity contribution is -0.123. The Hall–Kier alpha value is -1.04. The zero-order chi connectivity index (χ0) is 106. The fourth-order valence-corrected chi connectivity index (χ4v) is 48.8. The summed E-state index contributed by atoms with van der Waals surface area (Å²) in [5.74, 6) is 30.3. The molecule has 148 heavy (non-hydrogen) atoms. The number of hydrogen-bond donors (Lipinski definition) is 8. The smallest absolute Gasteiger partial charge is 0.0882 e. The van der Waals surface area contributed by atoms with Gasteiger partial charge in [0, 0.05) is 32.0 Å². The molecule has 24 aliphatic carbocycles. The molecule has 0 bridgehead atoms. The van der Waals surface area contributed by atoms with Crippen molar-refractivity contribution in [3.63, 3.8) is 0 Å². The Labute approximate surface area is 920 Å². The highest BCUT2D eigenvalue weighted by atomic mass is 79.9. The molecule has 0 aromatic heterocycles. The van der Waals surface area contributed by atoms with Gasteiger partial charge in [-0.25, -0.2) is 0 Å². The van der Waals surface area contributed by atoms with Crippen LogP contribution in [0, 0.1) is 246 Å². The number of fused-ring (bicyclic) bond motifs is 30. The summed E-state index contributed by atoms with van der Waals surface area (Å²) in [6.45, 7) is 53.8. The molecular weight excluding hydrogens is 1960 g/mol. The third-order valence-corrected chi connectivity index (χ3v) is 55.6. The first kappa shape index (κ1) is 115. The lowest BCUT2D eigenvalue weighted by atomic mass is 9.48. The number of allylic oxidation sites excluding steroid dienone is 4. The summed E-state index contributed by atoms with van der Waals surface area (Å²) < 4.78 is 15.9. The van der Waals surface area contributed by atoms with Crippen molar-refractivity contribution in [3.05, 3.63) is 72.9 Å². The van der Waals surface area contributed by atoms with Crippen molar-refractivity contribution in [1.29, 1.82) is 0 Å². The number of aliphatic hydroxyl groups is 8. The van der Waals surface area contributed by atoms with Gasteiger partial charge in [0.05, 0.1) is 66.6 Å². The standard InChI is InChI=1S/C23H37BrO2.C23H38O3.C23H38O2.C22H35BrO.C22H36O2.C22H36O/c2*1-15(13-24)20-6-7-21-19-5-4-16-12-23(25,14-26-3)11-9-17(16)18(19)8-10-22(20,21)2;1-15(2)20-7-8-21-19-6-5-16-13-23(24,14-25-4)12-10-17(16)18(19)9-11-22(20,21)3;2*1-14(13-23)19-6-7-20-18-5-4-15-12-21(2,24)10-8-16(15)17(18)9-11-22(19,20)3;1-14(2)19-7-8-20-18-6-5-15-13-21(3,23)11-9-16(15)17(18)10-12-22(19,20)4/h16-21,25H,1,4-14H2,2-3H3;16-21,24-25H,1,4-14H2,2-3H3;16-21,24H,1,5-14H2,2-4H3;15-20,24H,1,4-13H2,2-3H3;15-20,23-24H,1,4-13H2,2-3H3;15-20,23H,1,5-13H2,2-4H3/t3*16-,17+,18-,19-,20-,21+,22-,23+;3*15-,16+,17-,18-,19-,20+,21+,22-/m111111/s1. The predicted molar refractivity (Wildman–Crippen MR) is 614 cm³/mol. The number of ether oxygens (including phenoxy) is 3. The van der Waals surface area contributed by atoms with E-state index < -0.39 is 22.4 Å². The van der Waals surface area contributed by atoms with E-state index in [1.165, 1.54) is 292 Å². The van der Waals surface area contributed by atoms with E-state index in [1.54, 1.807) is 21.3 Å². The highest BCUT2D eigenvalue weighted by Gasteiger charge is 2.67. The van der Waals surface area contributed by atoms with Crippen LogP contribution in [0.15, 0.2) is 72.9 Å². The summed E-state index contributed by atoms with van der Waals surface area (Å²) in [5, 5.41) is 85.3. The van der Waals surface area contributed by atoms with Gasteiger partial charge in [-0.15, -0.1) is 0 Å². The van der Waals surface area contributed by atoms with E-state index in [0.29, 0.717) is 70.1 Å². The minimum atomic E-state index is -0.580. The zero-order valence-corrected chi connectivity index (χ0v) is 99.9. The second-order valence-electron chi connectivity index (χ2n) is 61.5. The molecule has 24 fully saturated rings. The van der Waals surface area contributed by atoms with Crippen LogP contribution in [0.25, 0.3) is 0 Å². The first-order chi connectivity index (χ1) is 70.2. The van der Waals surface area contributed by atoms with Gasteiger partial charge in [-0.1, -0.05) is 135 Å². The maximum atomic E-state index is 10.9. The second-order valence-corrected chi connectivity index (χ2v) is 62.6. The summed E-state index contributed by atoms with van der Waals surface area (Å²) >= 11 is 7.34. The third-order valence-electron chi connectivity index (χ3n) is 54.2. The summed E-state index contributed by atoms with van der Waals surface area (Å²) in [7, 11) is 5.15. The summed E-state index contributed by atoms with van der Waals surface area (Å²) in [5.41, 5.74) is 7.85. The molecule has 0 aromatic carbocycles. The summed E-state index contributed by atoms with van der Waals surface area (Å²) in [6.07, 6.45) is 68.8. The maximum Gasteiger partial charge on any atom is 0.0882 e. The average molecular weight is 2180 g/mol. The van der Waals surface area contributed by atoms with Gasteiger partial charge in [0.1, 0.15) is 0 Å². The van der Waals surface area contributed by atoms with E-state index >= 15 is 0 Å².